The van der Waals surface area contributed by atoms with E-state index in [1.807, 2.05) is 30.3 Å². The minimum Gasteiger partial charge on any atom is -0.354 e. The van der Waals surface area contributed by atoms with Crippen molar-refractivity contribution in [3.8, 4) is 21.8 Å². The maximum atomic E-state index is 6.17. The molecule has 5 aromatic rings. The van der Waals surface area contributed by atoms with Gasteiger partial charge in [-0.2, -0.15) is 0 Å². The molecule has 0 unspecified atom stereocenters. The standard InChI is InChI=1S/C34H31ClN4S/c1-25-12-14-28(15-13-25)32(39-22-20-38(21-23-39)24-26-8-4-2-5-9-26)37-34-31(27-10-6-3-7-11-27)36-33(40-34)29-16-18-30(35)19-17-29/h2-19H,20-24H2,1H3. The maximum absolute atomic E-state index is 6.17. The Bertz CT molecular complexity index is 1570. The molecule has 2 heterocycles. The Labute approximate surface area is 245 Å². The number of benzene rings is 4. The highest BCUT2D eigenvalue weighted by molar-refractivity contribution is 7.19. The van der Waals surface area contributed by atoms with Crippen molar-refractivity contribution in [2.45, 2.75) is 13.5 Å². The second-order valence-electron chi connectivity index (χ2n) is 10.1. The van der Waals surface area contributed by atoms with Gasteiger partial charge in [-0.15, -0.1) is 0 Å². The van der Waals surface area contributed by atoms with Crippen LogP contribution in [0.15, 0.2) is 114 Å². The SMILES string of the molecule is Cc1ccc(C(=Nc2sc(-c3ccc(Cl)cc3)nc2-c2ccccc2)N2CCN(Cc3ccccc3)CC2)cc1. The molecule has 4 nitrogen and oxygen atoms in total. The topological polar surface area (TPSA) is 31.7 Å². The van der Waals surface area contributed by atoms with Crippen LogP contribution in [0.3, 0.4) is 0 Å². The number of rotatable bonds is 6. The van der Waals surface area contributed by atoms with Crippen LogP contribution in [0.4, 0.5) is 5.00 Å². The van der Waals surface area contributed by atoms with E-state index < -0.39 is 0 Å². The van der Waals surface area contributed by atoms with Gasteiger partial charge in [0, 0.05) is 54.4 Å². The van der Waals surface area contributed by atoms with Crippen LogP contribution in [0.5, 0.6) is 0 Å². The molecule has 200 valence electrons. The first-order valence-electron chi connectivity index (χ1n) is 13.6. The number of hydrogen-bond acceptors (Lipinski definition) is 4. The Hall–Kier alpha value is -3.77. The average molecular weight is 563 g/mol. The Kier molecular flexibility index (Phi) is 8.05. The molecule has 0 bridgehead atoms. The minimum absolute atomic E-state index is 0.717. The molecule has 0 amide bonds. The lowest BCUT2D eigenvalue weighted by atomic mass is 10.1. The molecule has 4 aromatic carbocycles. The summed E-state index contributed by atoms with van der Waals surface area (Å²) in [6.07, 6.45) is 0. The van der Waals surface area contributed by atoms with Crippen molar-refractivity contribution in [3.05, 3.63) is 131 Å². The van der Waals surface area contributed by atoms with E-state index in [1.54, 1.807) is 11.3 Å². The zero-order valence-electron chi connectivity index (χ0n) is 22.5. The third kappa shape index (κ3) is 6.18. The van der Waals surface area contributed by atoms with E-state index >= 15 is 0 Å². The first kappa shape index (κ1) is 26.5. The quantitative estimate of drug-likeness (QED) is 0.154. The Balaban J connectivity index is 1.36. The fourth-order valence-electron chi connectivity index (χ4n) is 4.96. The lowest BCUT2D eigenvalue weighted by Crippen LogP contribution is -2.48. The largest absolute Gasteiger partial charge is 0.354 e. The number of thiazole rings is 1. The summed E-state index contributed by atoms with van der Waals surface area (Å²) in [4.78, 5) is 15.4. The Morgan fingerprint density at radius 3 is 2.10 bits per heavy atom. The summed E-state index contributed by atoms with van der Waals surface area (Å²) in [6, 6.07) is 37.7. The predicted molar refractivity (Wildman–Crippen MR) is 169 cm³/mol. The number of aliphatic imine (C=N–C) groups is 1. The van der Waals surface area contributed by atoms with Crippen LogP contribution in [0.2, 0.25) is 5.02 Å². The van der Waals surface area contributed by atoms with E-state index in [2.05, 4.69) is 95.6 Å². The maximum Gasteiger partial charge on any atom is 0.146 e. The molecular formula is C34H31ClN4S. The van der Waals surface area contributed by atoms with Crippen LogP contribution in [-0.4, -0.2) is 46.8 Å². The van der Waals surface area contributed by atoms with Crippen LogP contribution in [0.1, 0.15) is 16.7 Å². The fourth-order valence-corrected chi connectivity index (χ4v) is 6.06. The Morgan fingerprint density at radius 1 is 0.775 bits per heavy atom. The molecule has 6 rings (SSSR count). The number of halogens is 1. The summed E-state index contributed by atoms with van der Waals surface area (Å²) in [5.74, 6) is 1.00. The summed E-state index contributed by atoms with van der Waals surface area (Å²) in [6.45, 7) is 6.92. The third-order valence-electron chi connectivity index (χ3n) is 7.19. The van der Waals surface area contributed by atoms with Crippen LogP contribution < -0.4 is 0 Å². The van der Waals surface area contributed by atoms with Gasteiger partial charge in [-0.05, 0) is 24.6 Å². The third-order valence-corrected chi connectivity index (χ3v) is 8.44. The molecule has 1 aliphatic rings. The lowest BCUT2D eigenvalue weighted by molar-refractivity contribution is 0.176. The summed E-state index contributed by atoms with van der Waals surface area (Å²) < 4.78 is 0. The molecular weight excluding hydrogens is 532 g/mol. The highest BCUT2D eigenvalue weighted by Crippen LogP contribution is 2.40. The molecule has 1 fully saturated rings. The number of hydrogen-bond donors (Lipinski definition) is 0. The van der Waals surface area contributed by atoms with Crippen molar-refractivity contribution in [1.29, 1.82) is 0 Å². The number of nitrogens with zero attached hydrogens (tertiary/aromatic N) is 4. The molecule has 6 heteroatoms. The van der Waals surface area contributed by atoms with Crippen molar-refractivity contribution in [3.63, 3.8) is 0 Å². The van der Waals surface area contributed by atoms with Crippen molar-refractivity contribution < 1.29 is 0 Å². The van der Waals surface area contributed by atoms with Gasteiger partial charge in [0.25, 0.3) is 0 Å². The zero-order valence-corrected chi connectivity index (χ0v) is 24.1. The predicted octanol–water partition coefficient (Wildman–Crippen LogP) is 8.34. The molecule has 0 aliphatic carbocycles. The summed E-state index contributed by atoms with van der Waals surface area (Å²) in [5.41, 5.74) is 6.73. The van der Waals surface area contributed by atoms with Crippen molar-refractivity contribution in [2.75, 3.05) is 26.2 Å². The highest BCUT2D eigenvalue weighted by atomic mass is 35.5. The van der Waals surface area contributed by atoms with Gasteiger partial charge in [0.05, 0.1) is 0 Å². The summed E-state index contributed by atoms with van der Waals surface area (Å²) >= 11 is 7.80. The molecule has 40 heavy (non-hydrogen) atoms. The molecule has 0 N–H and O–H groups in total. The van der Waals surface area contributed by atoms with Gasteiger partial charge in [0.1, 0.15) is 21.5 Å². The van der Waals surface area contributed by atoms with E-state index in [0.29, 0.717) is 0 Å². The zero-order chi connectivity index (χ0) is 27.3. The fraction of sp³-hybridized carbons (Fsp3) is 0.176. The monoisotopic (exact) mass is 562 g/mol. The van der Waals surface area contributed by atoms with E-state index in [1.165, 1.54) is 11.1 Å². The molecule has 0 atom stereocenters. The van der Waals surface area contributed by atoms with E-state index in [4.69, 9.17) is 21.6 Å². The first-order chi connectivity index (χ1) is 19.6. The van der Waals surface area contributed by atoms with Crippen molar-refractivity contribution in [2.24, 2.45) is 4.99 Å². The molecule has 0 radical (unpaired) electrons. The van der Waals surface area contributed by atoms with E-state index in [0.717, 1.165) is 76.0 Å². The van der Waals surface area contributed by atoms with Gasteiger partial charge in [0.15, 0.2) is 0 Å². The smallest absolute Gasteiger partial charge is 0.146 e. The second-order valence-corrected chi connectivity index (χ2v) is 11.5. The second kappa shape index (κ2) is 12.2. The molecule has 1 aromatic heterocycles. The van der Waals surface area contributed by atoms with Crippen LogP contribution in [0, 0.1) is 6.92 Å². The average Bonchev–Trinajstić information content (AvgIpc) is 3.42. The summed E-state index contributed by atoms with van der Waals surface area (Å²) in [5, 5.41) is 2.57. The van der Waals surface area contributed by atoms with Gasteiger partial charge in [-0.1, -0.05) is 126 Å². The molecule has 0 spiro atoms. The number of piperazine rings is 1. The highest BCUT2D eigenvalue weighted by Gasteiger charge is 2.23. The van der Waals surface area contributed by atoms with Gasteiger partial charge in [0.2, 0.25) is 0 Å². The number of amidine groups is 1. The van der Waals surface area contributed by atoms with E-state index in [9.17, 15) is 0 Å². The van der Waals surface area contributed by atoms with E-state index in [-0.39, 0.29) is 0 Å². The van der Waals surface area contributed by atoms with Gasteiger partial charge in [-0.25, -0.2) is 9.98 Å². The van der Waals surface area contributed by atoms with Crippen LogP contribution in [0.25, 0.3) is 21.8 Å². The summed E-state index contributed by atoms with van der Waals surface area (Å²) in [7, 11) is 0. The number of aryl methyl sites for hydroxylation is 1. The minimum atomic E-state index is 0.717. The lowest BCUT2D eigenvalue weighted by Gasteiger charge is -2.36. The van der Waals surface area contributed by atoms with Gasteiger partial charge >= 0.3 is 0 Å². The Morgan fingerprint density at radius 2 is 1.43 bits per heavy atom. The van der Waals surface area contributed by atoms with Crippen LogP contribution >= 0.6 is 22.9 Å². The van der Waals surface area contributed by atoms with Gasteiger partial charge in [-0.3, -0.25) is 4.90 Å². The van der Waals surface area contributed by atoms with Gasteiger partial charge < -0.3 is 4.90 Å². The molecule has 1 saturated heterocycles. The van der Waals surface area contributed by atoms with Crippen molar-refractivity contribution in [1.82, 2.24) is 14.8 Å². The molecule has 0 saturated carbocycles. The van der Waals surface area contributed by atoms with Crippen molar-refractivity contribution >= 4 is 33.8 Å². The normalized spacial score (nSPS) is 14.4. The first-order valence-corrected chi connectivity index (χ1v) is 14.8. The van der Waals surface area contributed by atoms with Crippen LogP contribution in [-0.2, 0) is 6.54 Å². The molecule has 1 aliphatic heterocycles. The number of aromatic nitrogens is 1.